The summed E-state index contributed by atoms with van der Waals surface area (Å²) in [7, 11) is 1.61. The van der Waals surface area contributed by atoms with Crippen LogP contribution in [0.5, 0.6) is 5.75 Å². The number of hydrogen-bond donors (Lipinski definition) is 4. The number of alkyl halides is 3. The van der Waals surface area contributed by atoms with Gasteiger partial charge in [-0.2, -0.15) is 18.2 Å². The number of nitrogens with zero attached hydrogens (tertiary/aromatic N) is 2. The molecule has 9 nitrogen and oxygen atoms in total. The number of ether oxygens (including phenoxy) is 1. The lowest BCUT2D eigenvalue weighted by atomic mass is 10.3. The number of aliphatic carboxylic acids is 1. The number of halogens is 3. The summed E-state index contributed by atoms with van der Waals surface area (Å²) < 4.78 is 36.8. The van der Waals surface area contributed by atoms with E-state index in [2.05, 4.69) is 25.9 Å². The van der Waals surface area contributed by atoms with Crippen LogP contribution < -0.4 is 20.7 Å². The van der Waals surface area contributed by atoms with Gasteiger partial charge in [-0.15, -0.1) is 0 Å². The minimum atomic E-state index is -5.08. The zero-order valence-electron chi connectivity index (χ0n) is 18.9. The summed E-state index contributed by atoms with van der Waals surface area (Å²) in [4.78, 5) is 29.8. The summed E-state index contributed by atoms with van der Waals surface area (Å²) in [5.41, 5.74) is 2.48. The number of carbonyl (C=O) groups excluding carboxylic acids is 1. The molecular weight excluding hydrogens is 467 g/mol. The number of rotatable bonds is 8. The molecule has 35 heavy (non-hydrogen) atoms. The maximum atomic E-state index is 12.1. The smallest absolute Gasteiger partial charge is 0.490 e. The number of benzene rings is 2. The first kappa shape index (κ1) is 26.9. The first-order chi connectivity index (χ1) is 16.6. The Kier molecular flexibility index (Phi) is 9.82. The van der Waals surface area contributed by atoms with Crippen LogP contribution in [0.3, 0.4) is 0 Å². The van der Waals surface area contributed by atoms with Gasteiger partial charge in [0, 0.05) is 36.1 Å². The molecule has 0 saturated carbocycles. The van der Waals surface area contributed by atoms with Crippen molar-refractivity contribution in [1.29, 1.82) is 0 Å². The Bertz CT molecular complexity index is 1110. The number of anilines is 4. The molecule has 0 radical (unpaired) electrons. The first-order valence-electron chi connectivity index (χ1n) is 10.2. The largest absolute Gasteiger partial charge is 0.497 e. The Balaban J connectivity index is 0.000000540. The van der Waals surface area contributed by atoms with E-state index in [0.29, 0.717) is 24.7 Å². The first-order valence-corrected chi connectivity index (χ1v) is 10.2. The van der Waals surface area contributed by atoms with Gasteiger partial charge in [-0.05, 0) is 43.3 Å². The number of nitrogens with one attached hydrogen (secondary N) is 3. The molecule has 0 aliphatic carbocycles. The van der Waals surface area contributed by atoms with E-state index in [1.165, 1.54) is 0 Å². The monoisotopic (exact) mass is 491 g/mol. The zero-order valence-corrected chi connectivity index (χ0v) is 18.9. The third kappa shape index (κ3) is 9.98. The Morgan fingerprint density at radius 3 is 2.20 bits per heavy atom. The van der Waals surface area contributed by atoms with Gasteiger partial charge in [0.15, 0.2) is 0 Å². The molecule has 186 valence electrons. The molecule has 3 aromatic rings. The number of carboxylic acid groups (broad SMARTS) is 1. The highest BCUT2D eigenvalue weighted by Crippen LogP contribution is 2.17. The molecule has 4 N–H and O–H groups in total. The van der Waals surface area contributed by atoms with Crippen LogP contribution in [0.25, 0.3) is 0 Å². The topological polar surface area (TPSA) is 125 Å². The molecule has 1 amide bonds. The molecule has 0 saturated heterocycles. The van der Waals surface area contributed by atoms with E-state index in [9.17, 15) is 18.0 Å². The summed E-state index contributed by atoms with van der Waals surface area (Å²) in [5, 5.41) is 16.3. The predicted octanol–water partition coefficient (Wildman–Crippen LogP) is 4.61. The van der Waals surface area contributed by atoms with Crippen molar-refractivity contribution in [3.8, 4) is 5.75 Å². The van der Waals surface area contributed by atoms with Gasteiger partial charge < -0.3 is 25.8 Å². The molecule has 0 spiro atoms. The second kappa shape index (κ2) is 12.8. The molecule has 0 unspecified atom stereocenters. The normalized spacial score (nSPS) is 10.4. The Morgan fingerprint density at radius 1 is 1.00 bits per heavy atom. The lowest BCUT2D eigenvalue weighted by Gasteiger charge is -2.10. The number of methoxy groups -OCH3 is 1. The SMILES string of the molecule is COc1ccc(NC(=O)CCNc2cc(C)nc(Nc3ccccc3)n2)cc1.O=C(O)C(F)(F)F. The van der Waals surface area contributed by atoms with Gasteiger partial charge >= 0.3 is 12.1 Å². The fraction of sp³-hybridized carbons (Fsp3) is 0.217. The minimum Gasteiger partial charge on any atom is -0.497 e. The number of carboxylic acids is 1. The average molecular weight is 491 g/mol. The van der Waals surface area contributed by atoms with Crippen molar-refractivity contribution in [3.05, 3.63) is 66.4 Å². The molecule has 0 aliphatic rings. The fourth-order valence-corrected chi connectivity index (χ4v) is 2.57. The molecule has 1 aromatic heterocycles. The molecule has 0 aliphatic heterocycles. The van der Waals surface area contributed by atoms with E-state index < -0.39 is 12.1 Å². The fourth-order valence-electron chi connectivity index (χ4n) is 2.57. The highest BCUT2D eigenvalue weighted by molar-refractivity contribution is 5.91. The number of aryl methyl sites for hydroxylation is 1. The van der Waals surface area contributed by atoms with Gasteiger partial charge in [0.2, 0.25) is 11.9 Å². The van der Waals surface area contributed by atoms with Crippen molar-refractivity contribution in [1.82, 2.24) is 9.97 Å². The quantitative estimate of drug-likeness (QED) is 0.360. The Labute approximate surface area is 199 Å². The molecule has 0 atom stereocenters. The zero-order chi connectivity index (χ0) is 25.8. The standard InChI is InChI=1S/C21H23N5O2.C2HF3O2/c1-15-14-19(26-21(23-15)25-16-6-4-3-5-7-16)22-13-12-20(27)24-17-8-10-18(28-2)11-9-17;3-2(4,5)1(6)7/h3-11,14H,12-13H2,1-2H3,(H,24,27)(H2,22,23,25,26);(H,6,7). The molecule has 0 bridgehead atoms. The highest BCUT2D eigenvalue weighted by atomic mass is 19.4. The summed E-state index contributed by atoms with van der Waals surface area (Å²) >= 11 is 0. The van der Waals surface area contributed by atoms with Gasteiger partial charge in [-0.3, -0.25) is 4.79 Å². The third-order valence-electron chi connectivity index (χ3n) is 4.16. The number of hydrogen-bond acceptors (Lipinski definition) is 7. The second-order valence-corrected chi connectivity index (χ2v) is 6.97. The van der Waals surface area contributed by atoms with Gasteiger partial charge in [-0.25, -0.2) is 9.78 Å². The number of amides is 1. The van der Waals surface area contributed by atoms with Crippen molar-refractivity contribution in [2.45, 2.75) is 19.5 Å². The molecule has 12 heteroatoms. The van der Waals surface area contributed by atoms with E-state index in [-0.39, 0.29) is 5.91 Å². The van der Waals surface area contributed by atoms with Crippen LogP contribution in [-0.2, 0) is 9.59 Å². The van der Waals surface area contributed by atoms with E-state index in [1.54, 1.807) is 31.4 Å². The molecule has 2 aromatic carbocycles. The van der Waals surface area contributed by atoms with Crippen molar-refractivity contribution >= 4 is 35.0 Å². The van der Waals surface area contributed by atoms with Crippen molar-refractivity contribution in [2.75, 3.05) is 29.6 Å². The van der Waals surface area contributed by atoms with Crippen LogP contribution in [0.2, 0.25) is 0 Å². The van der Waals surface area contributed by atoms with Crippen LogP contribution >= 0.6 is 0 Å². The predicted molar refractivity (Wildman–Crippen MR) is 125 cm³/mol. The Morgan fingerprint density at radius 2 is 1.63 bits per heavy atom. The van der Waals surface area contributed by atoms with Gasteiger partial charge in [-0.1, -0.05) is 18.2 Å². The lowest BCUT2D eigenvalue weighted by Crippen LogP contribution is -2.21. The van der Waals surface area contributed by atoms with Gasteiger partial charge in [0.1, 0.15) is 11.6 Å². The maximum Gasteiger partial charge on any atom is 0.490 e. The Hall–Kier alpha value is -4.35. The second-order valence-electron chi connectivity index (χ2n) is 6.97. The van der Waals surface area contributed by atoms with E-state index in [0.717, 1.165) is 22.8 Å². The van der Waals surface area contributed by atoms with Crippen LogP contribution in [0.4, 0.5) is 36.3 Å². The summed E-state index contributed by atoms with van der Waals surface area (Å²) in [6.45, 7) is 2.36. The maximum absolute atomic E-state index is 12.1. The van der Waals surface area contributed by atoms with Crippen molar-refractivity contribution in [2.24, 2.45) is 0 Å². The highest BCUT2D eigenvalue weighted by Gasteiger charge is 2.38. The summed E-state index contributed by atoms with van der Waals surface area (Å²) in [6, 6.07) is 18.8. The van der Waals surface area contributed by atoms with E-state index in [4.69, 9.17) is 14.6 Å². The van der Waals surface area contributed by atoms with E-state index >= 15 is 0 Å². The number of aromatic nitrogens is 2. The minimum absolute atomic E-state index is 0.0777. The van der Waals surface area contributed by atoms with Crippen LogP contribution in [0.15, 0.2) is 60.7 Å². The molecule has 1 heterocycles. The van der Waals surface area contributed by atoms with Crippen LogP contribution in [0, 0.1) is 6.92 Å². The van der Waals surface area contributed by atoms with Gasteiger partial charge in [0.05, 0.1) is 7.11 Å². The van der Waals surface area contributed by atoms with Crippen LogP contribution in [-0.4, -0.2) is 46.8 Å². The average Bonchev–Trinajstić information content (AvgIpc) is 2.80. The van der Waals surface area contributed by atoms with Crippen molar-refractivity contribution < 1.29 is 32.6 Å². The summed E-state index contributed by atoms with van der Waals surface area (Å²) in [6.07, 6.45) is -4.77. The summed E-state index contributed by atoms with van der Waals surface area (Å²) in [5.74, 6) is -0.906. The van der Waals surface area contributed by atoms with Gasteiger partial charge in [0.25, 0.3) is 0 Å². The van der Waals surface area contributed by atoms with Crippen molar-refractivity contribution in [3.63, 3.8) is 0 Å². The molecule has 3 rings (SSSR count). The number of carbonyl (C=O) groups is 2. The third-order valence-corrected chi connectivity index (χ3v) is 4.16. The van der Waals surface area contributed by atoms with E-state index in [1.807, 2.05) is 43.3 Å². The molecule has 0 fully saturated rings. The molecular formula is C23H24F3N5O4. The lowest BCUT2D eigenvalue weighted by molar-refractivity contribution is -0.192. The number of para-hydroxylation sites is 1. The van der Waals surface area contributed by atoms with Crippen LogP contribution in [0.1, 0.15) is 12.1 Å².